The van der Waals surface area contributed by atoms with Crippen molar-refractivity contribution in [3.05, 3.63) is 0 Å². The molecule has 2 N–H and O–H groups in total. The zero-order valence-electron chi connectivity index (χ0n) is 10.8. The molecule has 2 fully saturated rings. The zero-order valence-corrected chi connectivity index (χ0v) is 10.8. The lowest BCUT2D eigenvalue weighted by Gasteiger charge is -2.33. The third-order valence-corrected chi connectivity index (χ3v) is 3.95. The van der Waals surface area contributed by atoms with Crippen LogP contribution in [0.5, 0.6) is 0 Å². The number of ether oxygens (including phenoxy) is 1. The molecule has 2 aliphatic rings. The third-order valence-electron chi connectivity index (χ3n) is 3.95. The largest absolute Gasteiger partial charge is 0.370 e. The van der Waals surface area contributed by atoms with Gasteiger partial charge in [0.25, 0.3) is 0 Å². The van der Waals surface area contributed by atoms with Gasteiger partial charge < -0.3 is 15.4 Å². The molecule has 0 aromatic heterocycles. The molecule has 0 spiro atoms. The molecular weight excluding hydrogens is 216 g/mol. The Morgan fingerprint density at radius 2 is 2.00 bits per heavy atom. The minimum absolute atomic E-state index is 0.0897. The van der Waals surface area contributed by atoms with E-state index >= 15 is 0 Å². The van der Waals surface area contributed by atoms with Gasteiger partial charge in [-0.05, 0) is 25.7 Å². The fourth-order valence-electron chi connectivity index (χ4n) is 2.51. The molecule has 0 radical (unpaired) electrons. The van der Waals surface area contributed by atoms with Gasteiger partial charge in [0.2, 0.25) is 5.91 Å². The maximum Gasteiger partial charge on any atom is 0.248 e. The first-order valence-electron chi connectivity index (χ1n) is 6.73. The van der Waals surface area contributed by atoms with E-state index in [1.54, 1.807) is 0 Å². The fourth-order valence-corrected chi connectivity index (χ4v) is 2.51. The van der Waals surface area contributed by atoms with Gasteiger partial charge in [0.1, 0.15) is 6.61 Å². The molecule has 2 aliphatic carbocycles. The molecule has 0 saturated heterocycles. The molecule has 0 aromatic carbocycles. The molecule has 4 heteroatoms. The smallest absolute Gasteiger partial charge is 0.248 e. The van der Waals surface area contributed by atoms with Crippen LogP contribution in [0.1, 0.15) is 44.9 Å². The molecule has 2 saturated carbocycles. The molecule has 4 nitrogen and oxygen atoms in total. The van der Waals surface area contributed by atoms with E-state index in [2.05, 4.69) is 0 Å². The standard InChI is InChI=1S/C13H24N2O2/c1-15(11-5-6-11)12(16)9-17-10-13(14)7-3-2-4-8-13/h11H,2-10,14H2,1H3. The highest BCUT2D eigenvalue weighted by atomic mass is 16.5. The van der Waals surface area contributed by atoms with Crippen LogP contribution in [0.3, 0.4) is 0 Å². The second-order valence-electron chi connectivity index (χ2n) is 5.65. The molecule has 0 bridgehead atoms. The minimum atomic E-state index is -0.184. The van der Waals surface area contributed by atoms with E-state index in [4.69, 9.17) is 10.5 Å². The van der Waals surface area contributed by atoms with Crippen molar-refractivity contribution in [1.29, 1.82) is 0 Å². The van der Waals surface area contributed by atoms with E-state index in [9.17, 15) is 4.79 Å². The number of amides is 1. The van der Waals surface area contributed by atoms with Crippen molar-refractivity contribution in [2.45, 2.75) is 56.5 Å². The Morgan fingerprint density at radius 3 is 2.59 bits per heavy atom. The van der Waals surface area contributed by atoms with Gasteiger partial charge in [-0.2, -0.15) is 0 Å². The van der Waals surface area contributed by atoms with Crippen LogP contribution in [0.2, 0.25) is 0 Å². The van der Waals surface area contributed by atoms with Gasteiger partial charge in [0.15, 0.2) is 0 Å². The Morgan fingerprint density at radius 1 is 1.35 bits per heavy atom. The van der Waals surface area contributed by atoms with Crippen molar-refractivity contribution < 1.29 is 9.53 Å². The fraction of sp³-hybridized carbons (Fsp3) is 0.923. The Kier molecular flexibility index (Phi) is 4.05. The Bertz CT molecular complexity index is 271. The highest BCUT2D eigenvalue weighted by molar-refractivity contribution is 5.77. The molecule has 1 amide bonds. The summed E-state index contributed by atoms with van der Waals surface area (Å²) in [6.07, 6.45) is 8.00. The molecule has 0 aliphatic heterocycles. The van der Waals surface area contributed by atoms with Gasteiger partial charge in [-0.1, -0.05) is 19.3 Å². The second-order valence-corrected chi connectivity index (χ2v) is 5.65. The van der Waals surface area contributed by atoms with Crippen molar-refractivity contribution in [3.8, 4) is 0 Å². The predicted octanol–water partition coefficient (Wildman–Crippen LogP) is 1.29. The maximum absolute atomic E-state index is 11.7. The van der Waals surface area contributed by atoms with Crippen LogP contribution in [0.25, 0.3) is 0 Å². The monoisotopic (exact) mass is 240 g/mol. The molecule has 2 rings (SSSR count). The SMILES string of the molecule is CN(C(=O)COCC1(N)CCCCC1)C1CC1. The van der Waals surface area contributed by atoms with Crippen molar-refractivity contribution >= 4 is 5.91 Å². The highest BCUT2D eigenvalue weighted by Crippen LogP contribution is 2.27. The predicted molar refractivity (Wildman–Crippen MR) is 66.6 cm³/mol. The van der Waals surface area contributed by atoms with Crippen LogP contribution in [0.15, 0.2) is 0 Å². The number of hydrogen-bond donors (Lipinski definition) is 1. The molecular formula is C13H24N2O2. The van der Waals surface area contributed by atoms with Crippen LogP contribution < -0.4 is 5.73 Å². The van der Waals surface area contributed by atoms with Gasteiger partial charge in [0, 0.05) is 18.6 Å². The van der Waals surface area contributed by atoms with Crippen molar-refractivity contribution in [3.63, 3.8) is 0 Å². The number of nitrogens with zero attached hydrogens (tertiary/aromatic N) is 1. The molecule has 0 atom stereocenters. The number of rotatable bonds is 5. The first-order valence-corrected chi connectivity index (χ1v) is 6.73. The van der Waals surface area contributed by atoms with Crippen molar-refractivity contribution in [2.24, 2.45) is 5.73 Å². The average Bonchev–Trinajstić information content (AvgIpc) is 3.12. The van der Waals surface area contributed by atoms with E-state index < -0.39 is 0 Å². The van der Waals surface area contributed by atoms with E-state index in [0.29, 0.717) is 12.6 Å². The summed E-state index contributed by atoms with van der Waals surface area (Å²) in [7, 11) is 1.86. The first kappa shape index (κ1) is 12.8. The van der Waals surface area contributed by atoms with Crippen molar-refractivity contribution in [2.75, 3.05) is 20.3 Å². The molecule has 98 valence electrons. The molecule has 0 unspecified atom stereocenters. The van der Waals surface area contributed by atoms with Crippen LogP contribution in [0, 0.1) is 0 Å². The zero-order chi connectivity index (χ0) is 12.3. The highest BCUT2D eigenvalue weighted by Gasteiger charge is 2.31. The number of hydrogen-bond acceptors (Lipinski definition) is 3. The van der Waals surface area contributed by atoms with Gasteiger partial charge in [-0.15, -0.1) is 0 Å². The number of carbonyl (C=O) groups excluding carboxylic acids is 1. The summed E-state index contributed by atoms with van der Waals surface area (Å²) >= 11 is 0. The van der Waals surface area contributed by atoms with Crippen molar-refractivity contribution in [1.82, 2.24) is 4.90 Å². The molecule has 17 heavy (non-hydrogen) atoms. The maximum atomic E-state index is 11.7. The van der Waals surface area contributed by atoms with Crippen LogP contribution in [-0.2, 0) is 9.53 Å². The van der Waals surface area contributed by atoms with E-state index in [1.807, 2.05) is 11.9 Å². The van der Waals surface area contributed by atoms with Gasteiger partial charge in [-0.25, -0.2) is 0 Å². The van der Waals surface area contributed by atoms with Gasteiger partial charge in [0.05, 0.1) is 6.61 Å². The quantitative estimate of drug-likeness (QED) is 0.787. The van der Waals surface area contributed by atoms with Gasteiger partial charge in [-0.3, -0.25) is 4.79 Å². The third kappa shape index (κ3) is 3.68. The summed E-state index contributed by atoms with van der Waals surface area (Å²) in [5, 5.41) is 0. The number of nitrogens with two attached hydrogens (primary N) is 1. The number of likely N-dealkylation sites (N-methyl/N-ethyl adjacent to an activating group) is 1. The Labute approximate surface area is 103 Å². The summed E-state index contributed by atoms with van der Waals surface area (Å²) in [4.78, 5) is 13.5. The summed E-state index contributed by atoms with van der Waals surface area (Å²) in [5.41, 5.74) is 6.06. The first-order chi connectivity index (χ1) is 8.11. The van der Waals surface area contributed by atoms with E-state index in [-0.39, 0.29) is 18.1 Å². The Balaban J connectivity index is 1.65. The topological polar surface area (TPSA) is 55.6 Å². The lowest BCUT2D eigenvalue weighted by molar-refractivity contribution is -0.136. The van der Waals surface area contributed by atoms with E-state index in [0.717, 1.165) is 25.7 Å². The summed E-state index contributed by atoms with van der Waals surface area (Å²) < 4.78 is 5.52. The summed E-state index contributed by atoms with van der Waals surface area (Å²) in [5.74, 6) is 0.0897. The molecule has 0 aromatic rings. The average molecular weight is 240 g/mol. The second kappa shape index (κ2) is 5.36. The normalized spacial score (nSPS) is 23.4. The van der Waals surface area contributed by atoms with Crippen LogP contribution >= 0.6 is 0 Å². The summed E-state index contributed by atoms with van der Waals surface area (Å²) in [6.45, 7) is 0.712. The van der Waals surface area contributed by atoms with E-state index in [1.165, 1.54) is 19.3 Å². The molecule has 0 heterocycles. The lowest BCUT2D eigenvalue weighted by Crippen LogP contribution is -2.47. The van der Waals surface area contributed by atoms with Gasteiger partial charge >= 0.3 is 0 Å². The minimum Gasteiger partial charge on any atom is -0.370 e. The van der Waals surface area contributed by atoms with Crippen LogP contribution in [-0.4, -0.2) is 42.6 Å². The summed E-state index contributed by atoms with van der Waals surface area (Å²) in [6, 6.07) is 0.465. The number of carbonyl (C=O) groups is 1. The lowest BCUT2D eigenvalue weighted by atomic mass is 9.83. The Hall–Kier alpha value is -0.610. The van der Waals surface area contributed by atoms with Crippen LogP contribution in [0.4, 0.5) is 0 Å².